The van der Waals surface area contributed by atoms with Crippen molar-refractivity contribution in [1.82, 2.24) is 19.1 Å². The molecule has 2 heterocycles. The Morgan fingerprint density at radius 3 is 2.52 bits per heavy atom. The number of hydrogen-bond acceptors (Lipinski definition) is 4. The third-order valence-electron chi connectivity index (χ3n) is 4.92. The van der Waals surface area contributed by atoms with E-state index < -0.39 is 5.69 Å². The highest BCUT2D eigenvalue weighted by atomic mass is 35.5. The molecular formula is C21H28ClN5O2. The van der Waals surface area contributed by atoms with E-state index in [1.165, 1.54) is 0 Å². The van der Waals surface area contributed by atoms with E-state index in [1.807, 2.05) is 28.8 Å². The predicted molar refractivity (Wildman–Crippen MR) is 118 cm³/mol. The molecule has 0 amide bonds. The molecule has 7 nitrogen and oxygen atoms in total. The van der Waals surface area contributed by atoms with Crippen molar-refractivity contribution in [2.24, 2.45) is 5.92 Å². The van der Waals surface area contributed by atoms with E-state index in [9.17, 15) is 9.59 Å². The number of imidazole rings is 1. The normalized spacial score (nSPS) is 11.5. The molecular weight excluding hydrogens is 390 g/mol. The van der Waals surface area contributed by atoms with Crippen LogP contribution in [-0.2, 0) is 19.6 Å². The van der Waals surface area contributed by atoms with Crippen LogP contribution >= 0.6 is 11.6 Å². The number of benzene rings is 1. The molecule has 0 atom stereocenters. The van der Waals surface area contributed by atoms with E-state index in [1.54, 1.807) is 4.57 Å². The van der Waals surface area contributed by atoms with Crippen LogP contribution < -0.4 is 16.6 Å². The first-order chi connectivity index (χ1) is 13.9. The van der Waals surface area contributed by atoms with Gasteiger partial charge in [-0.2, -0.15) is 0 Å². The Morgan fingerprint density at radius 1 is 1.14 bits per heavy atom. The lowest BCUT2D eigenvalue weighted by Gasteiger charge is -2.12. The minimum absolute atomic E-state index is 0.383. The number of H-pyrrole nitrogens is 1. The number of fused-ring (bicyclic) bond motifs is 1. The van der Waals surface area contributed by atoms with Crippen LogP contribution in [0.5, 0.6) is 0 Å². The predicted octanol–water partition coefficient (Wildman–Crippen LogP) is 4.00. The van der Waals surface area contributed by atoms with Crippen LogP contribution in [0.2, 0.25) is 5.02 Å². The summed E-state index contributed by atoms with van der Waals surface area (Å²) in [4.78, 5) is 32.2. The quantitative estimate of drug-likeness (QED) is 0.551. The van der Waals surface area contributed by atoms with Gasteiger partial charge in [-0.1, -0.05) is 38.8 Å². The highest BCUT2D eigenvalue weighted by Gasteiger charge is 2.18. The molecule has 29 heavy (non-hydrogen) atoms. The summed E-state index contributed by atoms with van der Waals surface area (Å²) in [6.45, 7) is 8.00. The van der Waals surface area contributed by atoms with Gasteiger partial charge in [0, 0.05) is 23.8 Å². The van der Waals surface area contributed by atoms with E-state index >= 15 is 0 Å². The van der Waals surface area contributed by atoms with Crippen LogP contribution in [0.15, 0.2) is 33.9 Å². The number of nitrogens with zero attached hydrogens (tertiary/aromatic N) is 3. The fraction of sp³-hybridized carbons (Fsp3) is 0.476. The Kier molecular flexibility index (Phi) is 6.79. The summed E-state index contributed by atoms with van der Waals surface area (Å²) < 4.78 is 3.52. The van der Waals surface area contributed by atoms with Gasteiger partial charge in [0.25, 0.3) is 5.56 Å². The third-order valence-corrected chi connectivity index (χ3v) is 5.18. The molecule has 0 bridgehead atoms. The Morgan fingerprint density at radius 2 is 1.86 bits per heavy atom. The van der Waals surface area contributed by atoms with Crippen LogP contribution in [0, 0.1) is 5.92 Å². The second-order valence-corrected chi connectivity index (χ2v) is 8.10. The number of anilines is 1. The highest BCUT2D eigenvalue weighted by Crippen LogP contribution is 2.18. The molecule has 0 aliphatic carbocycles. The number of aryl methyl sites for hydroxylation is 2. The van der Waals surface area contributed by atoms with Crippen molar-refractivity contribution in [3.63, 3.8) is 0 Å². The van der Waals surface area contributed by atoms with Gasteiger partial charge in [0.2, 0.25) is 0 Å². The van der Waals surface area contributed by atoms with Gasteiger partial charge in [0.05, 0.1) is 6.54 Å². The molecule has 3 rings (SSSR count). The molecule has 0 aliphatic rings. The molecule has 0 radical (unpaired) electrons. The number of aromatic nitrogens is 4. The Balaban J connectivity index is 2.04. The smallest absolute Gasteiger partial charge is 0.330 e. The maximum Gasteiger partial charge on any atom is 0.330 e. The van der Waals surface area contributed by atoms with Crippen molar-refractivity contribution in [3.05, 3.63) is 56.0 Å². The molecule has 0 saturated heterocycles. The van der Waals surface area contributed by atoms with Crippen molar-refractivity contribution >= 4 is 28.5 Å². The molecule has 2 N–H and O–H groups in total. The van der Waals surface area contributed by atoms with Gasteiger partial charge in [-0.05, 0) is 43.0 Å². The third kappa shape index (κ3) is 4.90. The Bertz CT molecular complexity index is 1080. The molecule has 1 aromatic carbocycles. The fourth-order valence-electron chi connectivity index (χ4n) is 3.25. The first-order valence-electron chi connectivity index (χ1n) is 10.1. The summed E-state index contributed by atoms with van der Waals surface area (Å²) in [7, 11) is 0. The van der Waals surface area contributed by atoms with Crippen molar-refractivity contribution in [2.75, 3.05) is 5.32 Å². The second-order valence-electron chi connectivity index (χ2n) is 7.66. The molecule has 8 heteroatoms. The molecule has 0 unspecified atom stereocenters. The van der Waals surface area contributed by atoms with Gasteiger partial charge in [0.15, 0.2) is 11.2 Å². The van der Waals surface area contributed by atoms with Crippen molar-refractivity contribution in [3.8, 4) is 0 Å². The lowest BCUT2D eigenvalue weighted by Crippen LogP contribution is -2.31. The van der Waals surface area contributed by atoms with E-state index in [-0.39, 0.29) is 5.56 Å². The summed E-state index contributed by atoms with van der Waals surface area (Å²) in [5.74, 6) is 1.21. The first-order valence-corrected chi connectivity index (χ1v) is 10.5. The summed E-state index contributed by atoms with van der Waals surface area (Å²) >= 11 is 5.95. The summed E-state index contributed by atoms with van der Waals surface area (Å²) in [6, 6.07) is 7.43. The second kappa shape index (κ2) is 9.31. The molecule has 0 aliphatic heterocycles. The van der Waals surface area contributed by atoms with Crippen LogP contribution in [-0.4, -0.2) is 19.1 Å². The van der Waals surface area contributed by atoms with Crippen LogP contribution in [0.4, 0.5) is 5.69 Å². The van der Waals surface area contributed by atoms with E-state index in [0.29, 0.717) is 41.7 Å². The maximum atomic E-state index is 12.7. The summed E-state index contributed by atoms with van der Waals surface area (Å²) in [5.41, 5.74) is 1.06. The first kappa shape index (κ1) is 21.2. The zero-order chi connectivity index (χ0) is 21.0. The van der Waals surface area contributed by atoms with Gasteiger partial charge >= 0.3 is 5.69 Å². The number of unbranched alkanes of at least 4 members (excludes halogenated alkanes) is 1. The number of hydrogen-bond donors (Lipinski definition) is 2. The molecule has 0 saturated carbocycles. The average molecular weight is 418 g/mol. The molecule has 0 fully saturated rings. The SMILES string of the molecule is CCCCn1c(=O)[nH]c(=O)c2c1nc(CNc1ccc(Cl)cc1)n2CCC(C)C. The van der Waals surface area contributed by atoms with Gasteiger partial charge in [-0.25, -0.2) is 9.78 Å². The lowest BCUT2D eigenvalue weighted by atomic mass is 10.1. The topological polar surface area (TPSA) is 84.7 Å². The average Bonchev–Trinajstić information content (AvgIpc) is 3.04. The lowest BCUT2D eigenvalue weighted by molar-refractivity contribution is 0.513. The molecule has 0 spiro atoms. The molecule has 3 aromatic rings. The van der Waals surface area contributed by atoms with Gasteiger partial charge in [-0.3, -0.25) is 14.3 Å². The minimum Gasteiger partial charge on any atom is -0.378 e. The van der Waals surface area contributed by atoms with Crippen LogP contribution in [0.3, 0.4) is 0 Å². The molecule has 2 aromatic heterocycles. The van der Waals surface area contributed by atoms with Crippen LogP contribution in [0.1, 0.15) is 45.9 Å². The summed E-state index contributed by atoms with van der Waals surface area (Å²) in [5, 5.41) is 4.00. The Labute approximate surface area is 174 Å². The standard InChI is InChI=1S/C21H28ClN5O2/c1-4-5-11-27-19-18(20(28)25-21(27)29)26(12-10-14(2)3)17(24-19)13-23-16-8-6-15(22)7-9-16/h6-9,14,23H,4-5,10-13H2,1-3H3,(H,25,28,29). The largest absolute Gasteiger partial charge is 0.378 e. The zero-order valence-electron chi connectivity index (χ0n) is 17.2. The molecule has 156 valence electrons. The van der Waals surface area contributed by atoms with Crippen molar-refractivity contribution in [1.29, 1.82) is 0 Å². The van der Waals surface area contributed by atoms with E-state index in [4.69, 9.17) is 16.6 Å². The number of nitrogens with one attached hydrogen (secondary N) is 2. The van der Waals surface area contributed by atoms with Crippen molar-refractivity contribution < 1.29 is 0 Å². The van der Waals surface area contributed by atoms with Gasteiger partial charge in [0.1, 0.15) is 5.82 Å². The monoisotopic (exact) mass is 417 g/mol. The van der Waals surface area contributed by atoms with Crippen molar-refractivity contribution in [2.45, 2.75) is 59.7 Å². The van der Waals surface area contributed by atoms with Gasteiger partial charge < -0.3 is 9.88 Å². The van der Waals surface area contributed by atoms with E-state index in [2.05, 4.69) is 31.1 Å². The summed E-state index contributed by atoms with van der Waals surface area (Å²) in [6.07, 6.45) is 2.71. The van der Waals surface area contributed by atoms with E-state index in [0.717, 1.165) is 30.8 Å². The van der Waals surface area contributed by atoms with Gasteiger partial charge in [-0.15, -0.1) is 0 Å². The Hall–Kier alpha value is -2.54. The number of halogens is 1. The maximum absolute atomic E-state index is 12.7. The van der Waals surface area contributed by atoms with Crippen LogP contribution in [0.25, 0.3) is 11.2 Å². The fourth-order valence-corrected chi connectivity index (χ4v) is 3.38. The number of aromatic amines is 1. The minimum atomic E-state index is -0.401. The zero-order valence-corrected chi connectivity index (χ0v) is 17.9. The highest BCUT2D eigenvalue weighted by molar-refractivity contribution is 6.30. The number of rotatable bonds is 9.